The van der Waals surface area contributed by atoms with Gasteiger partial charge in [-0.2, -0.15) is 0 Å². The Kier molecular flexibility index (Phi) is 6.87. The van der Waals surface area contributed by atoms with Gasteiger partial charge in [0.2, 0.25) is 5.95 Å². The van der Waals surface area contributed by atoms with Gasteiger partial charge in [-0.3, -0.25) is 14.9 Å². The van der Waals surface area contributed by atoms with Gasteiger partial charge in [-0.25, -0.2) is 23.1 Å². The zero-order chi connectivity index (χ0) is 24.2. The third kappa shape index (κ3) is 6.01. The predicted octanol–water partition coefficient (Wildman–Crippen LogP) is 3.21. The number of aromatic nitrogens is 2. The van der Waals surface area contributed by atoms with Crippen LogP contribution in [0.1, 0.15) is 18.3 Å². The Morgan fingerprint density at radius 3 is 2.27 bits per heavy atom. The molecule has 2 aromatic carbocycles. The largest absolute Gasteiger partial charge is 0.474 e. The van der Waals surface area contributed by atoms with Gasteiger partial charge < -0.3 is 10.1 Å². The predicted molar refractivity (Wildman–Crippen MR) is 121 cm³/mol. The summed E-state index contributed by atoms with van der Waals surface area (Å²) in [6.07, 6.45) is -1.04. The molecule has 3 aromatic rings. The molecule has 0 saturated heterocycles. The molecule has 0 spiro atoms. The molecule has 0 aliphatic rings. The van der Waals surface area contributed by atoms with Crippen LogP contribution in [0.3, 0.4) is 0 Å². The number of hydrogen-bond acceptors (Lipinski definition) is 8. The van der Waals surface area contributed by atoms with Crippen LogP contribution in [0, 0.1) is 24.0 Å². The number of nitro groups is 1. The monoisotopic (exact) mass is 471 g/mol. The van der Waals surface area contributed by atoms with Gasteiger partial charge in [-0.1, -0.05) is 12.1 Å². The highest BCUT2D eigenvalue weighted by Crippen LogP contribution is 2.27. The van der Waals surface area contributed by atoms with E-state index in [-0.39, 0.29) is 22.3 Å². The van der Waals surface area contributed by atoms with Gasteiger partial charge in [-0.05, 0) is 57.2 Å². The normalized spacial score (nSPS) is 12.0. The molecule has 3 rings (SSSR count). The van der Waals surface area contributed by atoms with Crippen molar-refractivity contribution in [2.45, 2.75) is 31.8 Å². The number of aryl methyl sites for hydroxylation is 2. The molecule has 0 fully saturated rings. The number of nitrogens with one attached hydrogen (secondary N) is 2. The average Bonchev–Trinajstić information content (AvgIpc) is 2.73. The van der Waals surface area contributed by atoms with Crippen molar-refractivity contribution in [1.29, 1.82) is 0 Å². The third-order valence-corrected chi connectivity index (χ3v) is 5.72. The van der Waals surface area contributed by atoms with E-state index in [0.717, 1.165) is 0 Å². The van der Waals surface area contributed by atoms with E-state index < -0.39 is 27.0 Å². The van der Waals surface area contributed by atoms with Gasteiger partial charge in [0.25, 0.3) is 15.9 Å². The lowest BCUT2D eigenvalue weighted by Crippen LogP contribution is -2.30. The molecule has 0 unspecified atom stereocenters. The zero-order valence-corrected chi connectivity index (χ0v) is 18.8. The Bertz CT molecular complexity index is 1270. The Labute approximate surface area is 190 Å². The van der Waals surface area contributed by atoms with Crippen LogP contribution < -0.4 is 14.8 Å². The van der Waals surface area contributed by atoms with Gasteiger partial charge >= 0.3 is 5.69 Å². The van der Waals surface area contributed by atoms with Crippen molar-refractivity contribution in [1.82, 2.24) is 9.97 Å². The van der Waals surface area contributed by atoms with Crippen molar-refractivity contribution in [2.24, 2.45) is 0 Å². The molecule has 0 bridgehead atoms. The molecule has 1 atom stereocenters. The number of anilines is 2. The molecule has 12 heteroatoms. The molecule has 11 nitrogen and oxygen atoms in total. The van der Waals surface area contributed by atoms with Crippen LogP contribution in [0.4, 0.5) is 17.3 Å². The van der Waals surface area contributed by atoms with Crippen LogP contribution in [-0.4, -0.2) is 35.3 Å². The van der Waals surface area contributed by atoms with Gasteiger partial charge in [0.15, 0.2) is 11.9 Å². The van der Waals surface area contributed by atoms with Crippen molar-refractivity contribution in [3.05, 3.63) is 76.1 Å². The standard InChI is InChI=1S/C21H21N5O6S/c1-13-12-14(2)23-21(22-13)25-33(30,31)17-10-8-16(9-11-17)24-20(27)15(3)32-19-7-5-4-6-18(19)26(28)29/h4-12,15H,1-3H3,(H,24,27)(H,22,23,25)/t15-/m1/s1. The molecule has 0 aliphatic heterocycles. The molecule has 2 N–H and O–H groups in total. The number of rotatable bonds is 8. The summed E-state index contributed by atoms with van der Waals surface area (Å²) < 4.78 is 33.0. The number of carbonyl (C=O) groups is 1. The van der Waals surface area contributed by atoms with Crippen LogP contribution in [0.15, 0.2) is 59.5 Å². The minimum Gasteiger partial charge on any atom is -0.474 e. The van der Waals surface area contributed by atoms with E-state index in [1.807, 2.05) is 0 Å². The number of amides is 1. The molecule has 0 radical (unpaired) electrons. The van der Waals surface area contributed by atoms with Crippen molar-refractivity contribution in [3.63, 3.8) is 0 Å². The number of hydrogen-bond donors (Lipinski definition) is 2. The Morgan fingerprint density at radius 1 is 1.06 bits per heavy atom. The number of sulfonamides is 1. The van der Waals surface area contributed by atoms with E-state index in [1.165, 1.54) is 49.4 Å². The maximum atomic E-state index is 12.6. The SMILES string of the molecule is Cc1cc(C)nc(NS(=O)(=O)c2ccc(NC(=O)[C@@H](C)Oc3ccccc3[N+](=O)[O-])cc2)n1. The molecule has 1 heterocycles. The number of benzene rings is 2. The first-order chi connectivity index (χ1) is 15.5. The molecule has 0 aliphatic carbocycles. The lowest BCUT2D eigenvalue weighted by atomic mass is 10.2. The topological polar surface area (TPSA) is 153 Å². The summed E-state index contributed by atoms with van der Waals surface area (Å²) in [4.78, 5) is 31.0. The van der Waals surface area contributed by atoms with Crippen molar-refractivity contribution in [2.75, 3.05) is 10.0 Å². The lowest BCUT2D eigenvalue weighted by molar-refractivity contribution is -0.386. The first-order valence-electron chi connectivity index (χ1n) is 9.71. The van der Waals surface area contributed by atoms with Crippen LogP contribution in [0.2, 0.25) is 0 Å². The molecule has 172 valence electrons. The Balaban J connectivity index is 1.67. The van der Waals surface area contributed by atoms with Gasteiger partial charge in [0.05, 0.1) is 9.82 Å². The number of nitro benzene ring substituents is 1. The summed E-state index contributed by atoms with van der Waals surface area (Å²) in [5.41, 5.74) is 1.30. The third-order valence-electron chi connectivity index (χ3n) is 4.38. The average molecular weight is 471 g/mol. The molecule has 0 saturated carbocycles. The second-order valence-electron chi connectivity index (χ2n) is 7.08. The first kappa shape index (κ1) is 23.6. The maximum absolute atomic E-state index is 12.6. The molecular weight excluding hydrogens is 450 g/mol. The highest BCUT2D eigenvalue weighted by atomic mass is 32.2. The minimum absolute atomic E-state index is 0.0359. The highest BCUT2D eigenvalue weighted by molar-refractivity contribution is 7.92. The fourth-order valence-electron chi connectivity index (χ4n) is 2.86. The summed E-state index contributed by atoms with van der Waals surface area (Å²) in [7, 11) is -3.94. The van der Waals surface area contributed by atoms with Crippen LogP contribution >= 0.6 is 0 Å². The van der Waals surface area contributed by atoms with Crippen LogP contribution in [-0.2, 0) is 14.8 Å². The van der Waals surface area contributed by atoms with E-state index in [9.17, 15) is 23.3 Å². The van der Waals surface area contributed by atoms with Crippen molar-refractivity contribution < 1.29 is 22.9 Å². The lowest BCUT2D eigenvalue weighted by Gasteiger charge is -2.15. The minimum atomic E-state index is -3.94. The molecule has 33 heavy (non-hydrogen) atoms. The van der Waals surface area contributed by atoms with E-state index in [2.05, 4.69) is 20.0 Å². The van der Waals surface area contributed by atoms with Crippen LogP contribution in [0.5, 0.6) is 5.75 Å². The fourth-order valence-corrected chi connectivity index (χ4v) is 3.81. The van der Waals surface area contributed by atoms with E-state index in [1.54, 1.807) is 26.0 Å². The zero-order valence-electron chi connectivity index (χ0n) is 18.0. The van der Waals surface area contributed by atoms with E-state index in [4.69, 9.17) is 4.74 Å². The number of para-hydroxylation sites is 2. The summed E-state index contributed by atoms with van der Waals surface area (Å²) in [5.74, 6) is -0.636. The summed E-state index contributed by atoms with van der Waals surface area (Å²) in [5, 5.41) is 13.7. The van der Waals surface area contributed by atoms with Crippen molar-refractivity contribution >= 4 is 33.3 Å². The summed E-state index contributed by atoms with van der Waals surface area (Å²) in [6.45, 7) is 4.90. The van der Waals surface area contributed by atoms with Gasteiger partial charge in [0, 0.05) is 23.1 Å². The Hall–Kier alpha value is -4.06. The van der Waals surface area contributed by atoms with E-state index in [0.29, 0.717) is 17.1 Å². The van der Waals surface area contributed by atoms with Gasteiger partial charge in [-0.15, -0.1) is 0 Å². The fraction of sp³-hybridized carbons (Fsp3) is 0.190. The second-order valence-corrected chi connectivity index (χ2v) is 8.76. The first-order valence-corrected chi connectivity index (χ1v) is 11.2. The summed E-state index contributed by atoms with van der Waals surface area (Å²) >= 11 is 0. The quantitative estimate of drug-likeness (QED) is 0.375. The second kappa shape index (κ2) is 9.61. The number of nitrogens with zero attached hydrogens (tertiary/aromatic N) is 3. The maximum Gasteiger partial charge on any atom is 0.310 e. The Morgan fingerprint density at radius 2 is 1.67 bits per heavy atom. The summed E-state index contributed by atoms with van der Waals surface area (Å²) in [6, 6.07) is 12.9. The number of carbonyl (C=O) groups excluding carboxylic acids is 1. The number of ether oxygens (including phenoxy) is 1. The molecular formula is C21H21N5O6S. The smallest absolute Gasteiger partial charge is 0.310 e. The highest BCUT2D eigenvalue weighted by Gasteiger charge is 2.21. The van der Waals surface area contributed by atoms with E-state index >= 15 is 0 Å². The molecule has 1 amide bonds. The van der Waals surface area contributed by atoms with Crippen molar-refractivity contribution in [3.8, 4) is 5.75 Å². The molecule has 1 aromatic heterocycles. The van der Waals surface area contributed by atoms with Crippen LogP contribution in [0.25, 0.3) is 0 Å². The van der Waals surface area contributed by atoms with Gasteiger partial charge in [0.1, 0.15) is 0 Å².